The Hall–Kier alpha value is -1.67. The van der Waals surface area contributed by atoms with Crippen molar-refractivity contribution in [3.8, 4) is 0 Å². The maximum absolute atomic E-state index is 13.3. The second-order valence-electron chi connectivity index (χ2n) is 6.70. The number of hydrogen-bond donors (Lipinski definition) is 1. The third-order valence-electron chi connectivity index (χ3n) is 4.57. The molecule has 1 aliphatic heterocycles. The predicted molar refractivity (Wildman–Crippen MR) is 108 cm³/mol. The topological polar surface area (TPSA) is 66.5 Å². The normalized spacial score (nSPS) is 18.0. The van der Waals surface area contributed by atoms with Crippen LogP contribution in [0, 0.1) is 11.7 Å². The Labute approximate surface area is 173 Å². The Bertz CT molecular complexity index is 985. The highest BCUT2D eigenvalue weighted by molar-refractivity contribution is 7.88. The van der Waals surface area contributed by atoms with Crippen molar-refractivity contribution in [2.75, 3.05) is 18.4 Å². The first-order valence-corrected chi connectivity index (χ1v) is 11.1. The molecule has 1 amide bonds. The number of rotatable bonds is 5. The lowest BCUT2D eigenvalue weighted by atomic mass is 9.99. The number of halogens is 3. The molecule has 0 spiro atoms. The molecule has 0 bridgehead atoms. The number of piperidine rings is 1. The minimum Gasteiger partial charge on any atom is -0.326 e. The van der Waals surface area contributed by atoms with Crippen molar-refractivity contribution in [1.82, 2.24) is 4.31 Å². The van der Waals surface area contributed by atoms with Gasteiger partial charge in [0.1, 0.15) is 5.82 Å². The average molecular weight is 445 g/mol. The highest BCUT2D eigenvalue weighted by Crippen LogP contribution is 2.25. The molecule has 28 heavy (non-hydrogen) atoms. The van der Waals surface area contributed by atoms with E-state index >= 15 is 0 Å². The number of carbonyl (C=O) groups excluding carboxylic acids is 1. The fourth-order valence-corrected chi connectivity index (χ4v) is 5.15. The number of amides is 1. The molecule has 1 saturated heterocycles. The molecule has 1 aliphatic rings. The Morgan fingerprint density at radius 3 is 2.71 bits per heavy atom. The number of sulfonamides is 1. The summed E-state index contributed by atoms with van der Waals surface area (Å²) in [7, 11) is -3.58. The van der Waals surface area contributed by atoms with Crippen LogP contribution in [0.3, 0.4) is 0 Å². The van der Waals surface area contributed by atoms with Crippen molar-refractivity contribution in [3.63, 3.8) is 0 Å². The van der Waals surface area contributed by atoms with Gasteiger partial charge < -0.3 is 5.32 Å². The van der Waals surface area contributed by atoms with E-state index in [0.717, 1.165) is 0 Å². The first-order valence-electron chi connectivity index (χ1n) is 8.73. The van der Waals surface area contributed by atoms with Crippen LogP contribution in [-0.2, 0) is 20.6 Å². The molecule has 2 aromatic carbocycles. The van der Waals surface area contributed by atoms with E-state index in [1.54, 1.807) is 24.3 Å². The smallest absolute Gasteiger partial charge is 0.228 e. The van der Waals surface area contributed by atoms with Crippen molar-refractivity contribution in [2.24, 2.45) is 5.92 Å². The molecule has 1 N–H and O–H groups in total. The Morgan fingerprint density at radius 2 is 2.00 bits per heavy atom. The Kier molecular flexibility index (Phi) is 6.60. The van der Waals surface area contributed by atoms with Gasteiger partial charge in [0.15, 0.2) is 0 Å². The van der Waals surface area contributed by atoms with Gasteiger partial charge in [-0.1, -0.05) is 35.3 Å². The van der Waals surface area contributed by atoms with Gasteiger partial charge >= 0.3 is 0 Å². The molecule has 0 saturated carbocycles. The zero-order valence-electron chi connectivity index (χ0n) is 14.9. The lowest BCUT2D eigenvalue weighted by Crippen LogP contribution is -2.44. The van der Waals surface area contributed by atoms with Gasteiger partial charge in [0.2, 0.25) is 15.9 Å². The molecular formula is C19H19Cl2FN2O3S. The van der Waals surface area contributed by atoms with E-state index in [4.69, 9.17) is 23.2 Å². The molecule has 0 aliphatic carbocycles. The number of carbonyl (C=O) groups is 1. The average Bonchev–Trinajstić information content (AvgIpc) is 2.64. The van der Waals surface area contributed by atoms with E-state index < -0.39 is 21.8 Å². The van der Waals surface area contributed by atoms with Crippen molar-refractivity contribution in [2.45, 2.75) is 18.6 Å². The van der Waals surface area contributed by atoms with Crippen molar-refractivity contribution in [1.29, 1.82) is 0 Å². The van der Waals surface area contributed by atoms with E-state index in [1.165, 1.54) is 22.5 Å². The molecule has 2 aromatic rings. The molecule has 0 unspecified atom stereocenters. The van der Waals surface area contributed by atoms with Gasteiger partial charge in [-0.2, -0.15) is 0 Å². The van der Waals surface area contributed by atoms with Crippen molar-refractivity contribution >= 4 is 44.8 Å². The lowest BCUT2D eigenvalue weighted by Gasteiger charge is -2.31. The SMILES string of the molecule is O=C(Nc1ccc(F)c(Cl)c1)[C@@H]1CCCN(S(=O)(=O)Cc2cccc(Cl)c2)C1. The molecular weight excluding hydrogens is 426 g/mol. The van der Waals surface area contributed by atoms with Crippen LogP contribution >= 0.6 is 23.2 Å². The van der Waals surface area contributed by atoms with Crippen LogP contribution in [-0.4, -0.2) is 31.7 Å². The number of nitrogens with one attached hydrogen (secondary N) is 1. The quantitative estimate of drug-likeness (QED) is 0.746. The van der Waals surface area contributed by atoms with E-state index in [1.807, 2.05) is 0 Å². The molecule has 1 fully saturated rings. The summed E-state index contributed by atoms with van der Waals surface area (Å²) in [5.74, 6) is -1.55. The Balaban J connectivity index is 1.67. The number of anilines is 1. The van der Waals surface area contributed by atoms with Crippen molar-refractivity contribution in [3.05, 3.63) is 63.9 Å². The molecule has 9 heteroatoms. The van der Waals surface area contributed by atoms with E-state index in [0.29, 0.717) is 35.7 Å². The maximum Gasteiger partial charge on any atom is 0.228 e. The summed E-state index contributed by atoms with van der Waals surface area (Å²) in [6, 6.07) is 10.6. The Morgan fingerprint density at radius 1 is 1.21 bits per heavy atom. The number of benzene rings is 2. The molecule has 1 atom stereocenters. The van der Waals surface area contributed by atoms with Gasteiger partial charge in [-0.3, -0.25) is 4.79 Å². The van der Waals surface area contributed by atoms with E-state index in [9.17, 15) is 17.6 Å². The second kappa shape index (κ2) is 8.78. The number of nitrogens with zero attached hydrogens (tertiary/aromatic N) is 1. The maximum atomic E-state index is 13.3. The highest BCUT2D eigenvalue weighted by Gasteiger charge is 2.32. The molecule has 150 valence electrons. The van der Waals surface area contributed by atoms with Gasteiger partial charge in [0.05, 0.1) is 16.7 Å². The van der Waals surface area contributed by atoms with Crippen LogP contribution in [0.15, 0.2) is 42.5 Å². The predicted octanol–water partition coefficient (Wildman–Crippen LogP) is 4.31. The summed E-state index contributed by atoms with van der Waals surface area (Å²) in [6.45, 7) is 0.471. The summed E-state index contributed by atoms with van der Waals surface area (Å²) < 4.78 is 40.1. The van der Waals surface area contributed by atoms with Crippen LogP contribution in [0.2, 0.25) is 10.0 Å². The lowest BCUT2D eigenvalue weighted by molar-refractivity contribution is -0.120. The van der Waals surface area contributed by atoms with Gasteiger partial charge in [0.25, 0.3) is 0 Å². The van der Waals surface area contributed by atoms with Crippen molar-refractivity contribution < 1.29 is 17.6 Å². The van der Waals surface area contributed by atoms with Crippen LogP contribution in [0.5, 0.6) is 0 Å². The molecule has 5 nitrogen and oxygen atoms in total. The summed E-state index contributed by atoms with van der Waals surface area (Å²) in [5.41, 5.74) is 0.968. The summed E-state index contributed by atoms with van der Waals surface area (Å²) in [4.78, 5) is 12.6. The highest BCUT2D eigenvalue weighted by atomic mass is 35.5. The van der Waals surface area contributed by atoms with Crippen LogP contribution in [0.1, 0.15) is 18.4 Å². The fourth-order valence-electron chi connectivity index (χ4n) is 3.16. The first-order chi connectivity index (χ1) is 13.2. The van der Waals surface area contributed by atoms with Crippen LogP contribution in [0.25, 0.3) is 0 Å². The fraction of sp³-hybridized carbons (Fsp3) is 0.316. The van der Waals surface area contributed by atoms with Crippen LogP contribution < -0.4 is 5.32 Å². The zero-order valence-corrected chi connectivity index (χ0v) is 17.2. The molecule has 0 radical (unpaired) electrons. The van der Waals surface area contributed by atoms with Gasteiger partial charge in [0, 0.05) is 23.8 Å². The first kappa shape index (κ1) is 21.0. The van der Waals surface area contributed by atoms with Gasteiger partial charge in [-0.15, -0.1) is 0 Å². The zero-order chi connectivity index (χ0) is 20.3. The molecule has 0 aromatic heterocycles. The second-order valence-corrected chi connectivity index (χ2v) is 9.51. The molecule has 3 rings (SSSR count). The monoisotopic (exact) mass is 444 g/mol. The van der Waals surface area contributed by atoms with Gasteiger partial charge in [-0.05, 0) is 48.7 Å². The van der Waals surface area contributed by atoms with E-state index in [2.05, 4.69) is 5.32 Å². The minimum absolute atomic E-state index is 0.0906. The summed E-state index contributed by atoms with van der Waals surface area (Å²) in [5, 5.41) is 3.06. The minimum atomic E-state index is -3.58. The molecule has 1 heterocycles. The standard InChI is InChI=1S/C19H19Cl2FN2O3S/c20-15-5-1-3-13(9-15)12-28(26,27)24-8-2-4-14(11-24)19(25)23-16-6-7-18(22)17(21)10-16/h1,3,5-7,9-10,14H,2,4,8,11-12H2,(H,23,25)/t14-/m1/s1. The van der Waals surface area contributed by atoms with Gasteiger partial charge in [-0.25, -0.2) is 17.1 Å². The largest absolute Gasteiger partial charge is 0.326 e. The summed E-state index contributed by atoms with van der Waals surface area (Å²) >= 11 is 11.7. The van der Waals surface area contributed by atoms with Crippen LogP contribution in [0.4, 0.5) is 10.1 Å². The third kappa shape index (κ3) is 5.23. The number of hydrogen-bond acceptors (Lipinski definition) is 3. The van der Waals surface area contributed by atoms with E-state index in [-0.39, 0.29) is 23.2 Å². The third-order valence-corrected chi connectivity index (χ3v) is 6.91. The summed E-state index contributed by atoms with van der Waals surface area (Å²) in [6.07, 6.45) is 1.15.